The fraction of sp³-hybridized carbons (Fsp3) is 0.350. The molecule has 1 atom stereocenters. The molecule has 6 heteroatoms. The van der Waals surface area contributed by atoms with Crippen molar-refractivity contribution in [1.82, 2.24) is 25.1 Å². The summed E-state index contributed by atoms with van der Waals surface area (Å²) in [5, 5.41) is 12.1. The molecule has 2 aromatic carbocycles. The topological polar surface area (TPSA) is 46.8 Å². The number of tetrazole rings is 1. The quantitative estimate of drug-likeness (QED) is 0.617. The van der Waals surface area contributed by atoms with E-state index in [1.807, 2.05) is 42.1 Å². The van der Waals surface area contributed by atoms with Crippen molar-refractivity contribution >= 4 is 0 Å². The summed E-state index contributed by atoms with van der Waals surface area (Å²) in [4.78, 5) is 2.19. The Morgan fingerprint density at radius 2 is 1.73 bits per heavy atom. The molecule has 0 amide bonds. The minimum Gasteiger partial charge on any atom is -0.288 e. The van der Waals surface area contributed by atoms with Gasteiger partial charge in [-0.25, -0.2) is 9.07 Å². The Balaban J connectivity index is 1.87. The molecular weight excluding hydrogens is 329 g/mol. The summed E-state index contributed by atoms with van der Waals surface area (Å²) in [5.74, 6) is 0.607. The lowest BCUT2D eigenvalue weighted by Gasteiger charge is -2.28. The molecule has 5 nitrogen and oxygen atoms in total. The highest BCUT2D eigenvalue weighted by Crippen LogP contribution is 2.28. The third kappa shape index (κ3) is 4.32. The molecule has 1 heterocycles. The normalized spacial score (nSPS) is 12.5. The van der Waals surface area contributed by atoms with Crippen molar-refractivity contribution < 1.29 is 4.39 Å². The van der Waals surface area contributed by atoms with Gasteiger partial charge in [0.1, 0.15) is 5.82 Å². The van der Waals surface area contributed by atoms with Crippen LogP contribution >= 0.6 is 0 Å². The number of benzene rings is 2. The van der Waals surface area contributed by atoms with E-state index in [-0.39, 0.29) is 11.9 Å². The summed E-state index contributed by atoms with van der Waals surface area (Å²) >= 11 is 0. The summed E-state index contributed by atoms with van der Waals surface area (Å²) in [6.07, 6.45) is 2.14. The number of rotatable bonds is 8. The van der Waals surface area contributed by atoms with Crippen LogP contribution in [0.25, 0.3) is 0 Å². The summed E-state index contributed by atoms with van der Waals surface area (Å²) < 4.78 is 15.3. The van der Waals surface area contributed by atoms with Crippen LogP contribution in [0.1, 0.15) is 42.8 Å². The van der Waals surface area contributed by atoms with Crippen LogP contribution < -0.4 is 0 Å². The van der Waals surface area contributed by atoms with Crippen LogP contribution in [-0.2, 0) is 13.1 Å². The molecule has 0 aliphatic rings. The number of aromatic nitrogens is 4. The Morgan fingerprint density at radius 3 is 2.42 bits per heavy atom. The SMILES string of the molecule is CCCCn1nnnc1CN(C)C(c1ccccc1)c1ccc(F)cc1. The van der Waals surface area contributed by atoms with Crippen molar-refractivity contribution in [2.45, 2.75) is 38.9 Å². The highest BCUT2D eigenvalue weighted by Gasteiger charge is 2.21. The Labute approximate surface area is 153 Å². The summed E-state index contributed by atoms with van der Waals surface area (Å²) in [6.45, 7) is 3.57. The van der Waals surface area contributed by atoms with Crippen LogP contribution in [-0.4, -0.2) is 32.2 Å². The molecule has 0 fully saturated rings. The van der Waals surface area contributed by atoms with Gasteiger partial charge in [-0.3, -0.25) is 4.90 Å². The fourth-order valence-corrected chi connectivity index (χ4v) is 3.11. The average Bonchev–Trinajstić information content (AvgIpc) is 3.09. The molecule has 3 aromatic rings. The van der Waals surface area contributed by atoms with E-state index in [2.05, 4.69) is 39.5 Å². The molecular formula is C20H24FN5. The maximum absolute atomic E-state index is 13.4. The van der Waals surface area contributed by atoms with E-state index in [1.54, 1.807) is 0 Å². The Hall–Kier alpha value is -2.60. The third-order valence-corrected chi connectivity index (χ3v) is 4.46. The highest BCUT2D eigenvalue weighted by atomic mass is 19.1. The number of unbranched alkanes of at least 4 members (excludes halogenated alkanes) is 1. The molecule has 0 saturated heterocycles. The first-order chi connectivity index (χ1) is 12.7. The van der Waals surface area contributed by atoms with E-state index in [9.17, 15) is 4.39 Å². The van der Waals surface area contributed by atoms with Crippen molar-refractivity contribution in [2.24, 2.45) is 0 Å². The number of aryl methyl sites for hydroxylation is 1. The minimum atomic E-state index is -0.230. The van der Waals surface area contributed by atoms with Gasteiger partial charge in [-0.15, -0.1) is 5.10 Å². The van der Waals surface area contributed by atoms with Gasteiger partial charge in [-0.1, -0.05) is 55.8 Å². The van der Waals surface area contributed by atoms with Crippen LogP contribution in [0.2, 0.25) is 0 Å². The van der Waals surface area contributed by atoms with Gasteiger partial charge in [-0.05, 0) is 47.2 Å². The molecule has 0 aliphatic heterocycles. The van der Waals surface area contributed by atoms with Crippen molar-refractivity contribution in [3.05, 3.63) is 77.4 Å². The van der Waals surface area contributed by atoms with Gasteiger partial charge in [0, 0.05) is 6.54 Å². The van der Waals surface area contributed by atoms with E-state index in [4.69, 9.17) is 0 Å². The van der Waals surface area contributed by atoms with Crippen LogP contribution in [0, 0.1) is 5.82 Å². The second-order valence-electron chi connectivity index (χ2n) is 6.45. The molecule has 1 unspecified atom stereocenters. The standard InChI is InChI=1S/C20H24FN5/c1-3-4-14-26-19(22-23-24-26)15-25(2)20(16-8-6-5-7-9-16)17-10-12-18(21)13-11-17/h5-13,20H,3-4,14-15H2,1-2H3. The molecule has 0 N–H and O–H groups in total. The third-order valence-electron chi connectivity index (χ3n) is 4.46. The van der Waals surface area contributed by atoms with E-state index < -0.39 is 0 Å². The summed E-state index contributed by atoms with van der Waals surface area (Å²) in [6, 6.07) is 16.9. The van der Waals surface area contributed by atoms with Crippen molar-refractivity contribution in [3.63, 3.8) is 0 Å². The first kappa shape index (κ1) is 18.2. The van der Waals surface area contributed by atoms with E-state index >= 15 is 0 Å². The number of halogens is 1. The van der Waals surface area contributed by atoms with Gasteiger partial charge in [0.25, 0.3) is 0 Å². The van der Waals surface area contributed by atoms with Gasteiger partial charge in [-0.2, -0.15) is 0 Å². The van der Waals surface area contributed by atoms with Gasteiger partial charge in [0.2, 0.25) is 0 Å². The second kappa shape index (κ2) is 8.67. The van der Waals surface area contributed by atoms with E-state index in [0.717, 1.165) is 36.3 Å². The minimum absolute atomic E-state index is 0.00637. The zero-order chi connectivity index (χ0) is 18.4. The number of hydrogen-bond acceptors (Lipinski definition) is 4. The van der Waals surface area contributed by atoms with Crippen LogP contribution in [0.4, 0.5) is 4.39 Å². The Kier molecular flexibility index (Phi) is 6.07. The molecule has 0 spiro atoms. The van der Waals surface area contributed by atoms with Crippen LogP contribution in [0.15, 0.2) is 54.6 Å². The molecule has 3 rings (SSSR count). The first-order valence-corrected chi connectivity index (χ1v) is 8.94. The molecule has 0 aliphatic carbocycles. The molecule has 1 aromatic heterocycles. The fourth-order valence-electron chi connectivity index (χ4n) is 3.11. The van der Waals surface area contributed by atoms with Crippen molar-refractivity contribution in [3.8, 4) is 0 Å². The maximum atomic E-state index is 13.4. The zero-order valence-corrected chi connectivity index (χ0v) is 15.2. The lowest BCUT2D eigenvalue weighted by molar-refractivity contribution is 0.257. The second-order valence-corrected chi connectivity index (χ2v) is 6.45. The van der Waals surface area contributed by atoms with Crippen LogP contribution in [0.5, 0.6) is 0 Å². The predicted octanol–water partition coefficient (Wildman–Crippen LogP) is 3.83. The Bertz CT molecular complexity index is 801. The maximum Gasteiger partial charge on any atom is 0.165 e. The average molecular weight is 353 g/mol. The van der Waals surface area contributed by atoms with Gasteiger partial charge >= 0.3 is 0 Å². The van der Waals surface area contributed by atoms with E-state index in [1.165, 1.54) is 12.1 Å². The lowest BCUT2D eigenvalue weighted by atomic mass is 9.97. The van der Waals surface area contributed by atoms with Gasteiger partial charge in [0.15, 0.2) is 5.82 Å². The van der Waals surface area contributed by atoms with Crippen LogP contribution in [0.3, 0.4) is 0 Å². The molecule has 26 heavy (non-hydrogen) atoms. The molecule has 136 valence electrons. The molecule has 0 radical (unpaired) electrons. The Morgan fingerprint density at radius 1 is 1.04 bits per heavy atom. The predicted molar refractivity (Wildman–Crippen MR) is 98.9 cm³/mol. The summed E-state index contributed by atoms with van der Waals surface area (Å²) in [5.41, 5.74) is 2.18. The largest absolute Gasteiger partial charge is 0.288 e. The monoisotopic (exact) mass is 353 g/mol. The number of hydrogen-bond donors (Lipinski definition) is 0. The first-order valence-electron chi connectivity index (χ1n) is 8.94. The zero-order valence-electron chi connectivity index (χ0n) is 15.2. The van der Waals surface area contributed by atoms with E-state index in [0.29, 0.717) is 6.54 Å². The van der Waals surface area contributed by atoms with Crippen molar-refractivity contribution in [2.75, 3.05) is 7.05 Å². The number of nitrogens with zero attached hydrogens (tertiary/aromatic N) is 5. The molecule has 0 saturated carbocycles. The highest BCUT2D eigenvalue weighted by molar-refractivity contribution is 5.32. The smallest absolute Gasteiger partial charge is 0.165 e. The van der Waals surface area contributed by atoms with Gasteiger partial charge in [0.05, 0.1) is 12.6 Å². The molecule has 0 bridgehead atoms. The summed E-state index contributed by atoms with van der Waals surface area (Å²) in [7, 11) is 2.04. The van der Waals surface area contributed by atoms with Crippen molar-refractivity contribution in [1.29, 1.82) is 0 Å². The lowest BCUT2D eigenvalue weighted by Crippen LogP contribution is -2.27. The van der Waals surface area contributed by atoms with Gasteiger partial charge < -0.3 is 0 Å².